The summed E-state index contributed by atoms with van der Waals surface area (Å²) < 4.78 is 19.0. The third-order valence-electron chi connectivity index (χ3n) is 13.6. The number of carbonyl (C=O) groups excluding carboxylic acids is 2. The molecule has 0 aromatic heterocycles. The van der Waals surface area contributed by atoms with Crippen LogP contribution in [0.3, 0.4) is 0 Å². The molecule has 1 heterocycles. The van der Waals surface area contributed by atoms with E-state index in [4.69, 9.17) is 13.9 Å². The van der Waals surface area contributed by atoms with Crippen LogP contribution in [0, 0.1) is 23.7 Å². The van der Waals surface area contributed by atoms with Crippen molar-refractivity contribution in [3.05, 3.63) is 0 Å². The number of hydrogen-bond acceptors (Lipinski definition) is 6. The predicted molar refractivity (Wildman–Crippen MR) is 247 cm³/mol. The SMILES string of the molecule is CCCCCCCC(CCCCCCC)C(=O)OCC(COC(=O)C(CCCCCCC)CCCCCCC)C1CCN(CCCCO[Si](C)(C)C(C)(C)C)CC1. The minimum Gasteiger partial charge on any atom is -0.465 e. The molecule has 1 rings (SSSR count). The Labute approximate surface area is 357 Å². The number of hydrogen-bond donors (Lipinski definition) is 0. The van der Waals surface area contributed by atoms with E-state index in [2.05, 4.69) is 66.5 Å². The first-order valence-electron chi connectivity index (χ1n) is 25.1. The summed E-state index contributed by atoms with van der Waals surface area (Å²) in [5.74, 6) is 0.417. The molecule has 1 aliphatic rings. The fourth-order valence-corrected chi connectivity index (χ4v) is 9.39. The molecule has 0 aromatic rings. The van der Waals surface area contributed by atoms with Crippen LogP contribution in [-0.2, 0) is 23.5 Å². The van der Waals surface area contributed by atoms with Gasteiger partial charge in [-0.05, 0) is 95.1 Å². The second-order valence-electron chi connectivity index (χ2n) is 19.7. The molecule has 1 aliphatic heterocycles. The van der Waals surface area contributed by atoms with Crippen molar-refractivity contribution in [1.82, 2.24) is 4.90 Å². The molecule has 0 aromatic carbocycles. The van der Waals surface area contributed by atoms with E-state index in [9.17, 15) is 9.59 Å². The Kier molecular flexibility index (Phi) is 32.0. The summed E-state index contributed by atoms with van der Waals surface area (Å²) >= 11 is 0. The van der Waals surface area contributed by atoms with E-state index in [0.29, 0.717) is 19.1 Å². The van der Waals surface area contributed by atoms with Crippen molar-refractivity contribution in [2.45, 2.75) is 246 Å². The van der Waals surface area contributed by atoms with Gasteiger partial charge in [-0.3, -0.25) is 9.59 Å². The Morgan fingerprint density at radius 2 is 0.930 bits per heavy atom. The summed E-state index contributed by atoms with van der Waals surface area (Å²) in [6.07, 6.45) is 32.4. The van der Waals surface area contributed by atoms with Gasteiger partial charge in [0.1, 0.15) is 0 Å². The highest BCUT2D eigenvalue weighted by atomic mass is 28.4. The molecule has 0 amide bonds. The number of piperidine rings is 1. The molecular formula is C50H99NO5Si. The zero-order valence-corrected chi connectivity index (χ0v) is 40.8. The van der Waals surface area contributed by atoms with Crippen LogP contribution in [0.4, 0.5) is 0 Å². The lowest BCUT2D eigenvalue weighted by Crippen LogP contribution is -2.41. The molecule has 7 heteroatoms. The summed E-state index contributed by atoms with van der Waals surface area (Å²) in [4.78, 5) is 30.2. The molecular weight excluding hydrogens is 723 g/mol. The molecule has 0 aliphatic carbocycles. The van der Waals surface area contributed by atoms with E-state index in [1.807, 2.05) is 0 Å². The lowest BCUT2D eigenvalue weighted by atomic mass is 9.85. The maximum Gasteiger partial charge on any atom is 0.308 e. The van der Waals surface area contributed by atoms with Crippen molar-refractivity contribution in [3.63, 3.8) is 0 Å². The number of unbranched alkanes of at least 4 members (excludes halogenated alkanes) is 17. The van der Waals surface area contributed by atoms with Gasteiger partial charge in [-0.15, -0.1) is 0 Å². The quantitative estimate of drug-likeness (QED) is 0.0353. The monoisotopic (exact) mass is 822 g/mol. The van der Waals surface area contributed by atoms with Gasteiger partial charge < -0.3 is 18.8 Å². The van der Waals surface area contributed by atoms with Crippen LogP contribution < -0.4 is 0 Å². The average molecular weight is 822 g/mol. The number of rotatable bonds is 37. The Hall–Kier alpha value is -0.923. The number of likely N-dealkylation sites (tertiary alicyclic amines) is 1. The maximum absolute atomic E-state index is 13.8. The fraction of sp³-hybridized carbons (Fsp3) is 0.960. The fourth-order valence-electron chi connectivity index (χ4n) is 8.30. The van der Waals surface area contributed by atoms with E-state index in [-0.39, 0.29) is 34.7 Å². The summed E-state index contributed by atoms with van der Waals surface area (Å²) in [6.45, 7) is 25.5. The van der Waals surface area contributed by atoms with Crippen LogP contribution in [0.1, 0.15) is 228 Å². The summed E-state index contributed by atoms with van der Waals surface area (Å²) in [5, 5.41) is 0.251. The maximum atomic E-state index is 13.8. The standard InChI is InChI=1S/C50H99NO5Si/c1-10-14-18-22-26-32-45(33-27-23-19-15-11-2)48(52)54-42-47(43-55-49(53)46(34-28-24-20-16-12-3)35-29-25-21-17-13-4)44-36-39-51(40-37-44)38-30-31-41-56-57(8,9)50(5,6)7/h44-47H,10-43H2,1-9H3. The molecule has 0 radical (unpaired) electrons. The van der Waals surface area contributed by atoms with Crippen LogP contribution >= 0.6 is 0 Å². The second-order valence-corrected chi connectivity index (χ2v) is 24.5. The van der Waals surface area contributed by atoms with Gasteiger partial charge in [-0.1, -0.05) is 177 Å². The van der Waals surface area contributed by atoms with Gasteiger partial charge in [0.25, 0.3) is 0 Å². The van der Waals surface area contributed by atoms with Crippen molar-refractivity contribution in [2.24, 2.45) is 23.7 Å². The van der Waals surface area contributed by atoms with Gasteiger partial charge in [0.15, 0.2) is 8.32 Å². The Morgan fingerprint density at radius 3 is 1.28 bits per heavy atom. The van der Waals surface area contributed by atoms with Crippen molar-refractivity contribution in [2.75, 3.05) is 39.5 Å². The van der Waals surface area contributed by atoms with Crippen molar-refractivity contribution < 1.29 is 23.5 Å². The highest BCUT2D eigenvalue weighted by Gasteiger charge is 2.37. The number of ether oxygens (including phenoxy) is 2. The number of carbonyl (C=O) groups is 2. The first-order chi connectivity index (χ1) is 27.4. The third kappa shape index (κ3) is 26.1. The lowest BCUT2D eigenvalue weighted by Gasteiger charge is -2.37. The van der Waals surface area contributed by atoms with Crippen LogP contribution in [0.15, 0.2) is 0 Å². The highest BCUT2D eigenvalue weighted by Crippen LogP contribution is 2.36. The largest absolute Gasteiger partial charge is 0.465 e. The molecule has 338 valence electrons. The number of esters is 2. The van der Waals surface area contributed by atoms with E-state index in [1.165, 1.54) is 103 Å². The van der Waals surface area contributed by atoms with E-state index in [0.717, 1.165) is 103 Å². The average Bonchev–Trinajstić information content (AvgIpc) is 3.18. The van der Waals surface area contributed by atoms with Crippen LogP contribution in [0.2, 0.25) is 18.1 Å². The minimum absolute atomic E-state index is 0.00769. The molecule has 0 saturated carbocycles. The molecule has 57 heavy (non-hydrogen) atoms. The van der Waals surface area contributed by atoms with Crippen molar-refractivity contribution >= 4 is 20.3 Å². The Morgan fingerprint density at radius 1 is 0.561 bits per heavy atom. The zero-order chi connectivity index (χ0) is 42.2. The molecule has 1 saturated heterocycles. The molecule has 1 fully saturated rings. The van der Waals surface area contributed by atoms with Gasteiger partial charge in [-0.25, -0.2) is 0 Å². The third-order valence-corrected chi connectivity index (χ3v) is 18.1. The van der Waals surface area contributed by atoms with Crippen molar-refractivity contribution in [1.29, 1.82) is 0 Å². The first kappa shape index (κ1) is 54.1. The minimum atomic E-state index is -1.70. The van der Waals surface area contributed by atoms with Gasteiger partial charge in [0.2, 0.25) is 0 Å². The first-order valence-corrected chi connectivity index (χ1v) is 28.0. The van der Waals surface area contributed by atoms with Gasteiger partial charge >= 0.3 is 11.9 Å². The van der Waals surface area contributed by atoms with Gasteiger partial charge in [0.05, 0.1) is 25.0 Å². The summed E-state index contributed by atoms with van der Waals surface area (Å²) in [6, 6.07) is 0. The molecule has 0 spiro atoms. The van der Waals surface area contributed by atoms with Crippen LogP contribution in [0.5, 0.6) is 0 Å². The normalized spacial score (nSPS) is 14.7. The Bertz CT molecular complexity index is 883. The zero-order valence-electron chi connectivity index (χ0n) is 39.8. The molecule has 6 nitrogen and oxygen atoms in total. The van der Waals surface area contributed by atoms with Crippen molar-refractivity contribution in [3.8, 4) is 0 Å². The lowest BCUT2D eigenvalue weighted by molar-refractivity contribution is -0.156. The smallest absolute Gasteiger partial charge is 0.308 e. The highest BCUT2D eigenvalue weighted by molar-refractivity contribution is 6.74. The number of nitrogens with zero attached hydrogens (tertiary/aromatic N) is 1. The predicted octanol–water partition coefficient (Wildman–Crippen LogP) is 14.9. The van der Waals surface area contributed by atoms with Gasteiger partial charge in [-0.2, -0.15) is 0 Å². The summed E-state index contributed by atoms with van der Waals surface area (Å²) in [5.41, 5.74) is 0. The van der Waals surface area contributed by atoms with E-state index < -0.39 is 8.32 Å². The molecule has 0 unspecified atom stereocenters. The Balaban J connectivity index is 2.94. The second kappa shape index (κ2) is 33.8. The van der Waals surface area contributed by atoms with Crippen LogP contribution in [0.25, 0.3) is 0 Å². The van der Waals surface area contributed by atoms with E-state index >= 15 is 0 Å². The van der Waals surface area contributed by atoms with E-state index in [1.54, 1.807) is 0 Å². The molecule has 0 atom stereocenters. The molecule has 0 bridgehead atoms. The molecule has 0 N–H and O–H groups in total. The van der Waals surface area contributed by atoms with Crippen LogP contribution in [-0.4, -0.2) is 64.6 Å². The summed E-state index contributed by atoms with van der Waals surface area (Å²) in [7, 11) is -1.70. The topological polar surface area (TPSA) is 65.1 Å². The van der Waals surface area contributed by atoms with Gasteiger partial charge in [0, 0.05) is 12.5 Å².